The molecule has 7 nitrogen and oxygen atoms in total. The van der Waals surface area contributed by atoms with E-state index in [4.69, 9.17) is 5.73 Å². The zero-order valence-electron chi connectivity index (χ0n) is 14.0. The molecule has 0 aromatic carbocycles. The van der Waals surface area contributed by atoms with Gasteiger partial charge in [0.15, 0.2) is 4.96 Å². The first-order valence-corrected chi connectivity index (χ1v) is 9.06. The lowest BCUT2D eigenvalue weighted by atomic mass is 10.0. The number of aromatic nitrogens is 2. The van der Waals surface area contributed by atoms with Crippen LogP contribution in [0, 0.1) is 5.92 Å². The molecule has 0 saturated carbocycles. The van der Waals surface area contributed by atoms with Gasteiger partial charge in [0.05, 0.1) is 11.7 Å². The molecular weight excluding hydrogens is 326 g/mol. The van der Waals surface area contributed by atoms with Crippen LogP contribution in [0.1, 0.15) is 19.5 Å². The molecule has 1 atom stereocenters. The Morgan fingerprint density at radius 3 is 2.71 bits per heavy atom. The molecule has 3 rings (SSSR count). The van der Waals surface area contributed by atoms with E-state index >= 15 is 0 Å². The van der Waals surface area contributed by atoms with E-state index in [9.17, 15) is 9.59 Å². The summed E-state index contributed by atoms with van der Waals surface area (Å²) >= 11 is 1.45. The number of hydrogen-bond donors (Lipinski definition) is 1. The van der Waals surface area contributed by atoms with Gasteiger partial charge in [-0.25, -0.2) is 4.98 Å². The number of nitrogens with zero attached hydrogens (tertiary/aromatic N) is 4. The summed E-state index contributed by atoms with van der Waals surface area (Å²) in [6.45, 7) is 7.42. The number of hydrogen-bond acceptors (Lipinski definition) is 6. The minimum atomic E-state index is -0.431. The standard InChI is InChI=1S/C16H23N5O2S/c1-11(2)14(17)15(23)20-5-3-19(4-6-20)10-12-9-13(22)21-7-8-24-16(21)18-12/h7-9,11,14H,3-6,10,17H2,1-2H3/t14-/m0/s1. The van der Waals surface area contributed by atoms with Gasteiger partial charge in [-0.1, -0.05) is 13.8 Å². The highest BCUT2D eigenvalue weighted by molar-refractivity contribution is 7.15. The van der Waals surface area contributed by atoms with Crippen molar-refractivity contribution < 1.29 is 4.79 Å². The number of carbonyl (C=O) groups excluding carboxylic acids is 1. The summed E-state index contributed by atoms with van der Waals surface area (Å²) in [7, 11) is 0. The Kier molecular flexibility index (Phi) is 4.98. The molecule has 1 amide bonds. The first-order valence-electron chi connectivity index (χ1n) is 8.18. The molecule has 2 aromatic heterocycles. The summed E-state index contributed by atoms with van der Waals surface area (Å²) in [5.74, 6) is 0.172. The predicted octanol–water partition coefficient (Wildman–Crippen LogP) is 0.384. The fourth-order valence-corrected chi connectivity index (χ4v) is 3.56. The van der Waals surface area contributed by atoms with Crippen LogP contribution < -0.4 is 11.3 Å². The summed E-state index contributed by atoms with van der Waals surface area (Å²) in [5.41, 5.74) is 6.69. The quantitative estimate of drug-likeness (QED) is 0.863. The lowest BCUT2D eigenvalue weighted by Crippen LogP contribution is -2.54. The SMILES string of the molecule is CC(C)[C@H](N)C(=O)N1CCN(Cc2cc(=O)n3ccsc3n2)CC1. The maximum absolute atomic E-state index is 12.3. The molecule has 130 valence electrons. The Hall–Kier alpha value is -1.77. The van der Waals surface area contributed by atoms with E-state index < -0.39 is 6.04 Å². The maximum Gasteiger partial charge on any atom is 0.258 e. The van der Waals surface area contributed by atoms with E-state index in [1.54, 1.807) is 16.7 Å². The maximum atomic E-state index is 12.3. The third-order valence-electron chi connectivity index (χ3n) is 4.43. The van der Waals surface area contributed by atoms with Crippen molar-refractivity contribution >= 4 is 22.2 Å². The minimum Gasteiger partial charge on any atom is -0.339 e. The van der Waals surface area contributed by atoms with Gasteiger partial charge in [-0.2, -0.15) is 0 Å². The van der Waals surface area contributed by atoms with Gasteiger partial charge in [-0.05, 0) is 5.92 Å². The average Bonchev–Trinajstić information content (AvgIpc) is 3.03. The van der Waals surface area contributed by atoms with Gasteiger partial charge in [0, 0.05) is 50.4 Å². The van der Waals surface area contributed by atoms with Crippen LogP contribution in [0.25, 0.3) is 4.96 Å². The molecule has 2 aromatic rings. The van der Waals surface area contributed by atoms with Crippen LogP contribution >= 0.6 is 11.3 Å². The van der Waals surface area contributed by atoms with Crippen molar-refractivity contribution in [2.24, 2.45) is 11.7 Å². The fraction of sp³-hybridized carbons (Fsp3) is 0.562. The molecule has 24 heavy (non-hydrogen) atoms. The second kappa shape index (κ2) is 7.00. The van der Waals surface area contributed by atoms with Crippen LogP contribution in [0.2, 0.25) is 0 Å². The van der Waals surface area contributed by atoms with Crippen LogP contribution in [0.15, 0.2) is 22.4 Å². The topological polar surface area (TPSA) is 83.9 Å². The number of fused-ring (bicyclic) bond motifs is 1. The second-order valence-corrected chi connectivity index (χ2v) is 7.39. The van der Waals surface area contributed by atoms with Gasteiger partial charge >= 0.3 is 0 Å². The molecular formula is C16H23N5O2S. The summed E-state index contributed by atoms with van der Waals surface area (Å²) in [6.07, 6.45) is 1.74. The second-order valence-electron chi connectivity index (χ2n) is 6.51. The summed E-state index contributed by atoms with van der Waals surface area (Å²) < 4.78 is 1.55. The number of rotatable bonds is 4. The zero-order chi connectivity index (χ0) is 17.3. The lowest BCUT2D eigenvalue weighted by Gasteiger charge is -2.36. The van der Waals surface area contributed by atoms with Crippen molar-refractivity contribution in [2.75, 3.05) is 26.2 Å². The zero-order valence-corrected chi connectivity index (χ0v) is 14.8. The minimum absolute atomic E-state index is 0.0287. The third kappa shape index (κ3) is 3.50. The highest BCUT2D eigenvalue weighted by Gasteiger charge is 2.27. The smallest absolute Gasteiger partial charge is 0.258 e. The Morgan fingerprint density at radius 1 is 1.33 bits per heavy atom. The monoisotopic (exact) mass is 349 g/mol. The molecule has 1 aliphatic heterocycles. The van der Waals surface area contributed by atoms with Crippen molar-refractivity contribution in [3.8, 4) is 0 Å². The van der Waals surface area contributed by atoms with Crippen molar-refractivity contribution in [2.45, 2.75) is 26.4 Å². The van der Waals surface area contributed by atoms with E-state index in [-0.39, 0.29) is 17.4 Å². The number of thiazole rings is 1. The van der Waals surface area contributed by atoms with Gasteiger partial charge in [0.1, 0.15) is 0 Å². The molecule has 1 aliphatic rings. The van der Waals surface area contributed by atoms with E-state index in [2.05, 4.69) is 9.88 Å². The molecule has 0 aliphatic carbocycles. The Bertz CT molecular complexity index is 776. The molecule has 0 bridgehead atoms. The van der Waals surface area contributed by atoms with Gasteiger partial charge in [-0.15, -0.1) is 11.3 Å². The van der Waals surface area contributed by atoms with E-state index in [0.717, 1.165) is 18.8 Å². The van der Waals surface area contributed by atoms with E-state index in [1.807, 2.05) is 24.1 Å². The Balaban J connectivity index is 1.60. The van der Waals surface area contributed by atoms with Gasteiger partial charge in [-0.3, -0.25) is 18.9 Å². The molecule has 1 saturated heterocycles. The van der Waals surface area contributed by atoms with Crippen LogP contribution in [0.5, 0.6) is 0 Å². The largest absolute Gasteiger partial charge is 0.339 e. The molecule has 8 heteroatoms. The molecule has 0 radical (unpaired) electrons. The first kappa shape index (κ1) is 17.1. The van der Waals surface area contributed by atoms with Crippen molar-refractivity contribution in [3.63, 3.8) is 0 Å². The highest BCUT2D eigenvalue weighted by atomic mass is 32.1. The average molecular weight is 349 g/mol. The van der Waals surface area contributed by atoms with Crippen molar-refractivity contribution in [3.05, 3.63) is 33.7 Å². The van der Waals surface area contributed by atoms with Crippen LogP contribution in [0.4, 0.5) is 0 Å². The van der Waals surface area contributed by atoms with Crippen molar-refractivity contribution in [1.29, 1.82) is 0 Å². The third-order valence-corrected chi connectivity index (χ3v) is 5.19. The summed E-state index contributed by atoms with van der Waals surface area (Å²) in [6, 6.07) is 1.16. The van der Waals surface area contributed by atoms with E-state index in [0.29, 0.717) is 24.6 Å². The number of carbonyl (C=O) groups is 1. The van der Waals surface area contributed by atoms with Crippen LogP contribution in [-0.4, -0.2) is 57.3 Å². The molecule has 2 N–H and O–H groups in total. The van der Waals surface area contributed by atoms with Gasteiger partial charge in [0.25, 0.3) is 5.56 Å². The predicted molar refractivity (Wildman–Crippen MR) is 94.0 cm³/mol. The van der Waals surface area contributed by atoms with Gasteiger partial charge < -0.3 is 10.6 Å². The summed E-state index contributed by atoms with van der Waals surface area (Å²) in [5, 5.41) is 1.86. The van der Waals surface area contributed by atoms with Gasteiger partial charge in [0.2, 0.25) is 5.91 Å². The summed E-state index contributed by atoms with van der Waals surface area (Å²) in [4.78, 5) is 33.6. The molecule has 0 spiro atoms. The van der Waals surface area contributed by atoms with Crippen LogP contribution in [-0.2, 0) is 11.3 Å². The Morgan fingerprint density at radius 2 is 2.04 bits per heavy atom. The molecule has 0 unspecified atom stereocenters. The molecule has 3 heterocycles. The van der Waals surface area contributed by atoms with Crippen LogP contribution in [0.3, 0.4) is 0 Å². The first-order chi connectivity index (χ1) is 11.5. The number of amides is 1. The normalized spacial score (nSPS) is 17.6. The number of piperazine rings is 1. The highest BCUT2D eigenvalue weighted by Crippen LogP contribution is 2.11. The van der Waals surface area contributed by atoms with Crippen molar-refractivity contribution in [1.82, 2.24) is 19.2 Å². The fourth-order valence-electron chi connectivity index (χ4n) is 2.82. The Labute approximate surface area is 144 Å². The van der Waals surface area contributed by atoms with E-state index in [1.165, 1.54) is 11.3 Å². The number of nitrogens with two attached hydrogens (primary N) is 1. The molecule has 1 fully saturated rings. The lowest BCUT2D eigenvalue weighted by molar-refractivity contribution is -0.135.